The lowest BCUT2D eigenvalue weighted by Crippen LogP contribution is -2.26. The number of hydrogen-bond donors (Lipinski definition) is 1. The Bertz CT molecular complexity index is 645. The second-order valence-electron chi connectivity index (χ2n) is 4.64. The topological polar surface area (TPSA) is 71.3 Å². The predicted molar refractivity (Wildman–Crippen MR) is 75.0 cm³/mol. The first kappa shape index (κ1) is 13.0. The van der Waals surface area contributed by atoms with E-state index in [0.29, 0.717) is 17.1 Å². The summed E-state index contributed by atoms with van der Waals surface area (Å²) in [4.78, 5) is 11.9. The van der Waals surface area contributed by atoms with Crippen molar-refractivity contribution in [3.63, 3.8) is 0 Å². The number of benzene rings is 1. The molecule has 20 heavy (non-hydrogen) atoms. The highest BCUT2D eigenvalue weighted by Gasteiger charge is 2.25. The molecule has 0 unspecified atom stereocenters. The fraction of sp³-hybridized carbons (Fsp3) is 0.286. The van der Waals surface area contributed by atoms with Crippen LogP contribution in [0.25, 0.3) is 6.08 Å². The minimum absolute atomic E-state index is 0.0801. The minimum Gasteiger partial charge on any atom is -0.454 e. The zero-order chi connectivity index (χ0) is 14.1. The van der Waals surface area contributed by atoms with Crippen LogP contribution in [0.1, 0.15) is 18.4 Å². The van der Waals surface area contributed by atoms with Crippen molar-refractivity contribution in [3.05, 3.63) is 27.7 Å². The van der Waals surface area contributed by atoms with E-state index in [4.69, 9.17) is 14.7 Å². The van der Waals surface area contributed by atoms with Crippen molar-refractivity contribution in [1.82, 2.24) is 5.32 Å². The van der Waals surface area contributed by atoms with Crippen LogP contribution in [0.5, 0.6) is 11.5 Å². The highest BCUT2D eigenvalue weighted by atomic mass is 79.9. The Balaban J connectivity index is 1.89. The van der Waals surface area contributed by atoms with E-state index in [1.807, 2.05) is 6.07 Å². The molecule has 1 aromatic carbocycles. The molecule has 1 fully saturated rings. The molecule has 1 aliphatic carbocycles. The first-order chi connectivity index (χ1) is 9.67. The number of carbonyl (C=O) groups excluding carboxylic acids is 1. The van der Waals surface area contributed by atoms with E-state index in [1.165, 1.54) is 0 Å². The molecule has 1 heterocycles. The quantitative estimate of drug-likeness (QED) is 0.680. The number of hydrogen-bond acceptors (Lipinski definition) is 4. The van der Waals surface area contributed by atoms with Crippen LogP contribution < -0.4 is 14.8 Å². The summed E-state index contributed by atoms with van der Waals surface area (Å²) in [7, 11) is 0. The second kappa shape index (κ2) is 5.17. The predicted octanol–water partition coefficient (Wildman–Crippen LogP) is 2.36. The lowest BCUT2D eigenvalue weighted by Gasteiger charge is -2.04. The first-order valence-electron chi connectivity index (χ1n) is 6.19. The molecule has 5 nitrogen and oxygen atoms in total. The Morgan fingerprint density at radius 3 is 2.75 bits per heavy atom. The number of halogens is 1. The highest BCUT2D eigenvalue weighted by Crippen LogP contribution is 2.37. The Morgan fingerprint density at radius 1 is 1.40 bits per heavy atom. The molecule has 6 heteroatoms. The zero-order valence-electron chi connectivity index (χ0n) is 10.5. The Labute approximate surface area is 124 Å². The van der Waals surface area contributed by atoms with Gasteiger partial charge in [-0.15, -0.1) is 0 Å². The van der Waals surface area contributed by atoms with Gasteiger partial charge in [-0.1, -0.05) is 15.9 Å². The summed E-state index contributed by atoms with van der Waals surface area (Å²) in [6.07, 6.45) is 3.51. The molecular formula is C14H11BrN2O3. The van der Waals surface area contributed by atoms with Gasteiger partial charge in [0.2, 0.25) is 6.79 Å². The molecule has 1 aliphatic heterocycles. The monoisotopic (exact) mass is 334 g/mol. The van der Waals surface area contributed by atoms with Crippen LogP contribution in [-0.4, -0.2) is 18.7 Å². The fourth-order valence-corrected chi connectivity index (χ4v) is 2.28. The lowest BCUT2D eigenvalue weighted by molar-refractivity contribution is -0.117. The maximum Gasteiger partial charge on any atom is 0.262 e. The van der Waals surface area contributed by atoms with Crippen LogP contribution in [0.3, 0.4) is 0 Å². The third kappa shape index (κ3) is 2.63. The molecule has 1 aromatic rings. The molecule has 0 atom stereocenters. The Kier molecular flexibility index (Phi) is 3.36. The van der Waals surface area contributed by atoms with Gasteiger partial charge in [0.15, 0.2) is 11.5 Å². The van der Waals surface area contributed by atoms with Gasteiger partial charge in [0.25, 0.3) is 5.91 Å². The summed E-state index contributed by atoms with van der Waals surface area (Å²) in [6, 6.07) is 5.67. The third-order valence-corrected chi connectivity index (χ3v) is 3.76. The average Bonchev–Trinajstić information content (AvgIpc) is 3.12. The molecule has 102 valence electrons. The molecule has 1 saturated carbocycles. The maximum absolute atomic E-state index is 11.9. The molecule has 0 saturated heterocycles. The van der Waals surface area contributed by atoms with Crippen molar-refractivity contribution in [2.75, 3.05) is 6.79 Å². The molecule has 0 spiro atoms. The van der Waals surface area contributed by atoms with E-state index in [2.05, 4.69) is 21.2 Å². The normalized spacial score (nSPS) is 16.7. The Hall–Kier alpha value is -2.00. The van der Waals surface area contributed by atoms with Crippen molar-refractivity contribution in [2.24, 2.45) is 0 Å². The van der Waals surface area contributed by atoms with Crippen molar-refractivity contribution in [2.45, 2.75) is 18.9 Å². The van der Waals surface area contributed by atoms with Crippen LogP contribution in [0.4, 0.5) is 0 Å². The molecule has 0 aromatic heterocycles. The number of ether oxygens (including phenoxy) is 2. The van der Waals surface area contributed by atoms with E-state index in [0.717, 1.165) is 17.3 Å². The second-order valence-corrected chi connectivity index (χ2v) is 5.50. The van der Waals surface area contributed by atoms with E-state index >= 15 is 0 Å². The van der Waals surface area contributed by atoms with Crippen LogP contribution in [-0.2, 0) is 4.79 Å². The van der Waals surface area contributed by atoms with Gasteiger partial charge >= 0.3 is 0 Å². The zero-order valence-corrected chi connectivity index (χ0v) is 12.1. The molecule has 0 bridgehead atoms. The minimum atomic E-state index is -0.334. The summed E-state index contributed by atoms with van der Waals surface area (Å²) < 4.78 is 11.3. The average molecular weight is 335 g/mol. The SMILES string of the molecule is N#C/C(=C/c1cc2c(cc1Br)OCO2)C(=O)NC1CC1. The van der Waals surface area contributed by atoms with Crippen LogP contribution >= 0.6 is 15.9 Å². The summed E-state index contributed by atoms with van der Waals surface area (Å²) >= 11 is 3.40. The molecule has 3 rings (SSSR count). The largest absolute Gasteiger partial charge is 0.454 e. The summed E-state index contributed by atoms with van der Waals surface area (Å²) in [5.41, 5.74) is 0.785. The van der Waals surface area contributed by atoms with Crippen LogP contribution in [0.15, 0.2) is 22.2 Å². The third-order valence-electron chi connectivity index (χ3n) is 3.07. The summed E-state index contributed by atoms with van der Waals surface area (Å²) in [5, 5.41) is 11.9. The van der Waals surface area contributed by atoms with Gasteiger partial charge in [-0.05, 0) is 36.6 Å². The van der Waals surface area contributed by atoms with E-state index < -0.39 is 0 Å². The van der Waals surface area contributed by atoms with E-state index in [1.54, 1.807) is 18.2 Å². The van der Waals surface area contributed by atoms with Gasteiger partial charge in [-0.3, -0.25) is 4.79 Å². The van der Waals surface area contributed by atoms with Gasteiger partial charge < -0.3 is 14.8 Å². The van der Waals surface area contributed by atoms with Gasteiger partial charge in [0.05, 0.1) is 0 Å². The smallest absolute Gasteiger partial charge is 0.262 e. The molecular weight excluding hydrogens is 324 g/mol. The Morgan fingerprint density at radius 2 is 2.10 bits per heavy atom. The highest BCUT2D eigenvalue weighted by molar-refractivity contribution is 9.10. The summed E-state index contributed by atoms with van der Waals surface area (Å²) in [5.74, 6) is 0.925. The molecule has 0 radical (unpaired) electrons. The number of nitrogens with one attached hydrogen (secondary N) is 1. The van der Waals surface area contributed by atoms with Crippen LogP contribution in [0, 0.1) is 11.3 Å². The van der Waals surface area contributed by atoms with E-state index in [-0.39, 0.29) is 24.3 Å². The van der Waals surface area contributed by atoms with Crippen LogP contribution in [0.2, 0.25) is 0 Å². The fourth-order valence-electron chi connectivity index (χ4n) is 1.84. The molecule has 2 aliphatic rings. The number of fused-ring (bicyclic) bond motifs is 1. The van der Waals surface area contributed by atoms with Crippen molar-refractivity contribution < 1.29 is 14.3 Å². The van der Waals surface area contributed by atoms with E-state index in [9.17, 15) is 4.79 Å². The first-order valence-corrected chi connectivity index (χ1v) is 6.98. The number of nitriles is 1. The maximum atomic E-state index is 11.9. The number of carbonyl (C=O) groups is 1. The summed E-state index contributed by atoms with van der Waals surface area (Å²) in [6.45, 7) is 0.183. The molecule has 1 N–H and O–H groups in total. The number of rotatable bonds is 3. The molecule has 1 amide bonds. The standard InChI is InChI=1S/C14H11BrN2O3/c15-11-5-13-12(19-7-20-13)4-8(11)3-9(6-16)14(18)17-10-1-2-10/h3-5,10H,1-2,7H2,(H,17,18)/b9-3-. The van der Waals surface area contributed by atoms with Gasteiger partial charge in [-0.2, -0.15) is 5.26 Å². The number of nitrogens with zero attached hydrogens (tertiary/aromatic N) is 1. The number of amides is 1. The van der Waals surface area contributed by atoms with Gasteiger partial charge in [0, 0.05) is 10.5 Å². The van der Waals surface area contributed by atoms with Crippen molar-refractivity contribution in [1.29, 1.82) is 5.26 Å². The van der Waals surface area contributed by atoms with Crippen molar-refractivity contribution >= 4 is 27.9 Å². The van der Waals surface area contributed by atoms with Gasteiger partial charge in [0.1, 0.15) is 11.6 Å². The van der Waals surface area contributed by atoms with Gasteiger partial charge in [-0.25, -0.2) is 0 Å². The lowest BCUT2D eigenvalue weighted by atomic mass is 10.1. The van der Waals surface area contributed by atoms with Crippen molar-refractivity contribution in [3.8, 4) is 17.6 Å².